The van der Waals surface area contributed by atoms with Crippen LogP contribution in [0.5, 0.6) is 0 Å². The summed E-state index contributed by atoms with van der Waals surface area (Å²) in [4.78, 5) is 0. The van der Waals surface area contributed by atoms with Crippen LogP contribution in [0.2, 0.25) is 0 Å². The predicted octanol–water partition coefficient (Wildman–Crippen LogP) is 6.68. The molecule has 0 spiro atoms. The molecular weight excluding hydrogens is 216 g/mol. The van der Waals surface area contributed by atoms with Gasteiger partial charge >= 0.3 is 0 Å². The lowest BCUT2D eigenvalue weighted by molar-refractivity contribution is 0.310. The Balaban J connectivity index is 0.000000415. The summed E-state index contributed by atoms with van der Waals surface area (Å²) in [7, 11) is 0. The number of unbranched alkanes of at least 4 members (excludes halogenated alkanes) is 1. The predicted molar refractivity (Wildman–Crippen MR) is 85.0 cm³/mol. The Morgan fingerprint density at radius 2 is 1.72 bits per heavy atom. The second kappa shape index (κ2) is 9.42. The van der Waals surface area contributed by atoms with E-state index in [9.17, 15) is 0 Å². The van der Waals surface area contributed by atoms with Gasteiger partial charge in [-0.15, -0.1) is 0 Å². The fourth-order valence-electron chi connectivity index (χ4n) is 2.45. The molecule has 0 heteroatoms. The summed E-state index contributed by atoms with van der Waals surface area (Å²) < 4.78 is 0. The molecule has 1 unspecified atom stereocenters. The lowest BCUT2D eigenvalue weighted by atomic mass is 9.67. The minimum Gasteiger partial charge on any atom is -0.0808 e. The average molecular weight is 250 g/mol. The Kier molecular flexibility index (Phi) is 9.14. The summed E-state index contributed by atoms with van der Waals surface area (Å²) in [5.41, 5.74) is 3.73. The first kappa shape index (κ1) is 17.5. The number of allylic oxidation sites excluding steroid dienone is 4. The lowest BCUT2D eigenvalue weighted by Gasteiger charge is -2.37. The summed E-state index contributed by atoms with van der Waals surface area (Å²) in [6, 6.07) is 0. The molecule has 0 aromatic heterocycles. The van der Waals surface area contributed by atoms with Crippen LogP contribution in [0.1, 0.15) is 86.5 Å². The number of hydrogen-bond donors (Lipinski definition) is 0. The summed E-state index contributed by atoms with van der Waals surface area (Å²) in [6.07, 6.45) is 14.3. The first-order chi connectivity index (χ1) is 8.62. The molecule has 0 bridgehead atoms. The lowest BCUT2D eigenvalue weighted by Crippen LogP contribution is -2.24. The maximum atomic E-state index is 2.45. The SMILES string of the molecule is CC.CC1=CC2=CCCCC2(C)CC1.CCCC. The summed E-state index contributed by atoms with van der Waals surface area (Å²) >= 11 is 0. The number of hydrogen-bond acceptors (Lipinski definition) is 0. The van der Waals surface area contributed by atoms with Crippen LogP contribution in [0.25, 0.3) is 0 Å². The third kappa shape index (κ3) is 5.42. The zero-order valence-corrected chi connectivity index (χ0v) is 13.6. The third-order valence-corrected chi connectivity index (χ3v) is 3.97. The van der Waals surface area contributed by atoms with E-state index in [1.165, 1.54) is 44.9 Å². The molecule has 2 aliphatic carbocycles. The van der Waals surface area contributed by atoms with Crippen molar-refractivity contribution >= 4 is 0 Å². The van der Waals surface area contributed by atoms with Crippen molar-refractivity contribution in [3.63, 3.8) is 0 Å². The van der Waals surface area contributed by atoms with Gasteiger partial charge in [-0.05, 0) is 50.0 Å². The largest absolute Gasteiger partial charge is 0.0808 e. The molecule has 0 radical (unpaired) electrons. The topological polar surface area (TPSA) is 0 Å². The Morgan fingerprint density at radius 3 is 2.28 bits per heavy atom. The highest BCUT2D eigenvalue weighted by molar-refractivity contribution is 5.33. The van der Waals surface area contributed by atoms with E-state index >= 15 is 0 Å². The van der Waals surface area contributed by atoms with Crippen molar-refractivity contribution in [3.8, 4) is 0 Å². The van der Waals surface area contributed by atoms with Crippen LogP contribution in [0.15, 0.2) is 23.3 Å². The van der Waals surface area contributed by atoms with Crippen molar-refractivity contribution in [2.24, 2.45) is 5.41 Å². The maximum Gasteiger partial charge on any atom is -0.00753 e. The van der Waals surface area contributed by atoms with E-state index in [0.717, 1.165) is 0 Å². The van der Waals surface area contributed by atoms with Gasteiger partial charge in [0.05, 0.1) is 0 Å². The van der Waals surface area contributed by atoms with E-state index in [1.807, 2.05) is 13.8 Å². The first-order valence-corrected chi connectivity index (χ1v) is 8.00. The highest BCUT2D eigenvalue weighted by Gasteiger charge is 2.31. The van der Waals surface area contributed by atoms with E-state index in [-0.39, 0.29) is 0 Å². The van der Waals surface area contributed by atoms with Crippen LogP contribution >= 0.6 is 0 Å². The van der Waals surface area contributed by atoms with Gasteiger partial charge in [-0.25, -0.2) is 0 Å². The molecule has 0 N–H and O–H groups in total. The second-order valence-corrected chi connectivity index (χ2v) is 5.60. The van der Waals surface area contributed by atoms with Gasteiger partial charge in [-0.2, -0.15) is 0 Å². The average Bonchev–Trinajstić information content (AvgIpc) is 2.42. The zero-order chi connectivity index (χ0) is 14.0. The highest BCUT2D eigenvalue weighted by Crippen LogP contribution is 2.45. The van der Waals surface area contributed by atoms with Crippen LogP contribution in [-0.4, -0.2) is 0 Å². The minimum atomic E-state index is 0.539. The molecule has 0 heterocycles. The molecule has 0 aliphatic heterocycles. The quantitative estimate of drug-likeness (QED) is 0.487. The molecule has 2 aliphatic rings. The number of fused-ring (bicyclic) bond motifs is 1. The minimum absolute atomic E-state index is 0.539. The summed E-state index contributed by atoms with van der Waals surface area (Å²) in [5.74, 6) is 0. The molecule has 0 saturated heterocycles. The Bertz CT molecular complexity index is 268. The standard InChI is InChI=1S/C12H18.C4H10.C2H6/c1-10-6-8-12(2)7-4-3-5-11(12)9-10;1-3-4-2;1-2/h5,9H,3-4,6-8H2,1-2H3;3-4H2,1-2H3;1-2H3. The van der Waals surface area contributed by atoms with Gasteiger partial charge < -0.3 is 0 Å². The zero-order valence-electron chi connectivity index (χ0n) is 13.6. The Morgan fingerprint density at radius 1 is 1.11 bits per heavy atom. The smallest absolute Gasteiger partial charge is 0.00753 e. The van der Waals surface area contributed by atoms with Gasteiger partial charge in [0.25, 0.3) is 0 Å². The Labute approximate surface area is 116 Å². The van der Waals surface area contributed by atoms with Crippen LogP contribution in [-0.2, 0) is 0 Å². The molecule has 0 saturated carbocycles. The second-order valence-electron chi connectivity index (χ2n) is 5.60. The fraction of sp³-hybridized carbons (Fsp3) is 0.778. The summed E-state index contributed by atoms with van der Waals surface area (Å²) in [5, 5.41) is 0. The van der Waals surface area contributed by atoms with E-state index in [2.05, 4.69) is 39.8 Å². The molecule has 106 valence electrons. The van der Waals surface area contributed by atoms with Gasteiger partial charge in [-0.1, -0.05) is 65.2 Å². The van der Waals surface area contributed by atoms with Crippen molar-refractivity contribution in [1.29, 1.82) is 0 Å². The van der Waals surface area contributed by atoms with E-state index in [4.69, 9.17) is 0 Å². The van der Waals surface area contributed by atoms with E-state index in [1.54, 1.807) is 11.1 Å². The van der Waals surface area contributed by atoms with Crippen molar-refractivity contribution < 1.29 is 0 Å². The molecule has 0 aromatic rings. The van der Waals surface area contributed by atoms with Crippen molar-refractivity contribution in [2.45, 2.75) is 86.5 Å². The van der Waals surface area contributed by atoms with Gasteiger partial charge in [0.15, 0.2) is 0 Å². The Hall–Kier alpha value is -0.520. The van der Waals surface area contributed by atoms with Crippen LogP contribution in [0, 0.1) is 5.41 Å². The van der Waals surface area contributed by atoms with Crippen molar-refractivity contribution in [3.05, 3.63) is 23.3 Å². The van der Waals surface area contributed by atoms with Crippen LogP contribution in [0.4, 0.5) is 0 Å². The van der Waals surface area contributed by atoms with Crippen LogP contribution in [0.3, 0.4) is 0 Å². The molecule has 2 rings (SSSR count). The van der Waals surface area contributed by atoms with Gasteiger partial charge in [0.2, 0.25) is 0 Å². The monoisotopic (exact) mass is 250 g/mol. The summed E-state index contributed by atoms with van der Waals surface area (Å²) in [6.45, 7) is 13.1. The van der Waals surface area contributed by atoms with Gasteiger partial charge in [-0.3, -0.25) is 0 Å². The molecule has 0 nitrogen and oxygen atoms in total. The van der Waals surface area contributed by atoms with Gasteiger partial charge in [0, 0.05) is 0 Å². The van der Waals surface area contributed by atoms with Crippen molar-refractivity contribution in [1.82, 2.24) is 0 Å². The van der Waals surface area contributed by atoms with E-state index < -0.39 is 0 Å². The molecule has 0 fully saturated rings. The normalized spacial score (nSPS) is 25.4. The molecule has 0 amide bonds. The highest BCUT2D eigenvalue weighted by atomic mass is 14.4. The first-order valence-electron chi connectivity index (χ1n) is 8.00. The molecule has 0 aromatic carbocycles. The maximum absolute atomic E-state index is 2.45. The molecule has 18 heavy (non-hydrogen) atoms. The van der Waals surface area contributed by atoms with E-state index in [0.29, 0.717) is 5.41 Å². The molecular formula is C18H34. The van der Waals surface area contributed by atoms with Crippen LogP contribution < -0.4 is 0 Å². The van der Waals surface area contributed by atoms with Crippen molar-refractivity contribution in [2.75, 3.05) is 0 Å². The number of rotatable bonds is 1. The van der Waals surface area contributed by atoms with Gasteiger partial charge in [0.1, 0.15) is 0 Å². The fourth-order valence-corrected chi connectivity index (χ4v) is 2.45. The third-order valence-electron chi connectivity index (χ3n) is 3.97. The molecule has 1 atom stereocenters.